The number of carbonyl (C=O) groups is 2. The smallest absolute Gasteiger partial charge is 0.306 e. The van der Waals surface area contributed by atoms with Crippen molar-refractivity contribution >= 4 is 11.9 Å². The Hall–Kier alpha value is -1.06. The predicted octanol–water partition coefficient (Wildman–Crippen LogP) is 2.14. The molecule has 1 N–H and O–H groups in total. The van der Waals surface area contributed by atoms with Crippen LogP contribution in [0.5, 0.6) is 0 Å². The molecule has 4 heteroatoms. The van der Waals surface area contributed by atoms with Gasteiger partial charge < -0.3 is 10.0 Å². The average Bonchev–Trinajstić information content (AvgIpc) is 3.19. The number of hydrogen-bond acceptors (Lipinski definition) is 2. The first-order chi connectivity index (χ1) is 8.58. The van der Waals surface area contributed by atoms with Crippen molar-refractivity contribution in [3.05, 3.63) is 0 Å². The molecular formula is C14H23NO3. The molecule has 2 unspecified atom stereocenters. The lowest BCUT2D eigenvalue weighted by atomic mass is 9.81. The van der Waals surface area contributed by atoms with Gasteiger partial charge in [-0.15, -0.1) is 0 Å². The summed E-state index contributed by atoms with van der Waals surface area (Å²) < 4.78 is 0. The van der Waals surface area contributed by atoms with Crippen LogP contribution in [0.1, 0.15) is 44.9 Å². The van der Waals surface area contributed by atoms with Crippen molar-refractivity contribution in [2.75, 3.05) is 13.6 Å². The molecule has 2 aliphatic rings. The molecule has 18 heavy (non-hydrogen) atoms. The highest BCUT2D eigenvalue weighted by Gasteiger charge is 2.32. The first kappa shape index (κ1) is 13.4. The van der Waals surface area contributed by atoms with Gasteiger partial charge in [0.05, 0.1) is 5.92 Å². The quantitative estimate of drug-likeness (QED) is 0.816. The number of hydrogen-bond donors (Lipinski definition) is 1. The Kier molecular flexibility index (Phi) is 4.25. The van der Waals surface area contributed by atoms with Crippen LogP contribution in [0.2, 0.25) is 0 Å². The van der Waals surface area contributed by atoms with Crippen LogP contribution < -0.4 is 0 Å². The van der Waals surface area contributed by atoms with Gasteiger partial charge >= 0.3 is 5.97 Å². The van der Waals surface area contributed by atoms with Gasteiger partial charge in [0, 0.05) is 19.5 Å². The number of amides is 1. The second-order valence-corrected chi connectivity index (χ2v) is 5.89. The van der Waals surface area contributed by atoms with Gasteiger partial charge in [0.1, 0.15) is 0 Å². The maximum Gasteiger partial charge on any atom is 0.306 e. The summed E-state index contributed by atoms with van der Waals surface area (Å²) in [6.07, 6.45) is 6.71. The van der Waals surface area contributed by atoms with Crippen LogP contribution in [0.4, 0.5) is 0 Å². The van der Waals surface area contributed by atoms with Crippen molar-refractivity contribution in [1.29, 1.82) is 0 Å². The van der Waals surface area contributed by atoms with Gasteiger partial charge in [-0.25, -0.2) is 0 Å². The zero-order chi connectivity index (χ0) is 13.1. The Morgan fingerprint density at radius 1 is 1.17 bits per heavy atom. The van der Waals surface area contributed by atoms with Crippen molar-refractivity contribution in [3.63, 3.8) is 0 Å². The first-order valence-electron chi connectivity index (χ1n) is 7.05. The molecular weight excluding hydrogens is 230 g/mol. The summed E-state index contributed by atoms with van der Waals surface area (Å²) in [6, 6.07) is 0. The Morgan fingerprint density at radius 3 is 2.44 bits per heavy atom. The number of carboxylic acids is 1. The fourth-order valence-corrected chi connectivity index (χ4v) is 2.84. The van der Waals surface area contributed by atoms with E-state index in [2.05, 4.69) is 0 Å². The van der Waals surface area contributed by atoms with E-state index in [-0.39, 0.29) is 17.7 Å². The summed E-state index contributed by atoms with van der Waals surface area (Å²) >= 11 is 0. The molecule has 2 rings (SSSR count). The van der Waals surface area contributed by atoms with E-state index in [0.29, 0.717) is 6.42 Å². The van der Waals surface area contributed by atoms with Crippen LogP contribution in [-0.4, -0.2) is 35.5 Å². The molecule has 0 aromatic rings. The number of carbonyl (C=O) groups excluding carboxylic acids is 1. The van der Waals surface area contributed by atoms with Crippen LogP contribution >= 0.6 is 0 Å². The van der Waals surface area contributed by atoms with Gasteiger partial charge in [-0.2, -0.15) is 0 Å². The minimum atomic E-state index is -0.742. The van der Waals surface area contributed by atoms with Gasteiger partial charge in [0.2, 0.25) is 5.91 Å². The van der Waals surface area contributed by atoms with Crippen LogP contribution in [0.25, 0.3) is 0 Å². The highest BCUT2D eigenvalue weighted by molar-refractivity contribution is 5.80. The lowest BCUT2D eigenvalue weighted by molar-refractivity contribution is -0.145. The Bertz CT molecular complexity index is 325. The monoisotopic (exact) mass is 253 g/mol. The molecule has 2 atom stereocenters. The lowest BCUT2D eigenvalue weighted by Gasteiger charge is -2.29. The minimum absolute atomic E-state index is 0.0657. The van der Waals surface area contributed by atoms with Crippen molar-refractivity contribution in [2.45, 2.75) is 44.9 Å². The van der Waals surface area contributed by atoms with Crippen molar-refractivity contribution < 1.29 is 14.7 Å². The second-order valence-electron chi connectivity index (χ2n) is 5.89. The third-order valence-electron chi connectivity index (χ3n) is 4.32. The van der Waals surface area contributed by atoms with Crippen LogP contribution in [0.3, 0.4) is 0 Å². The molecule has 0 saturated heterocycles. The number of rotatable bonds is 5. The number of nitrogens with zero attached hydrogens (tertiary/aromatic N) is 1. The minimum Gasteiger partial charge on any atom is -0.481 e. The Balaban J connectivity index is 1.80. The van der Waals surface area contributed by atoms with Crippen LogP contribution in [-0.2, 0) is 9.59 Å². The second kappa shape index (κ2) is 5.72. The number of aliphatic carboxylic acids is 1. The SMILES string of the molecule is CN(CCC1CC1)C(=O)C1CCCC(C(=O)O)C1. The first-order valence-corrected chi connectivity index (χ1v) is 7.05. The van der Waals surface area contributed by atoms with E-state index in [0.717, 1.165) is 38.1 Å². The van der Waals surface area contributed by atoms with Crippen molar-refractivity contribution in [1.82, 2.24) is 4.90 Å². The molecule has 0 heterocycles. The van der Waals surface area contributed by atoms with Crippen molar-refractivity contribution in [3.8, 4) is 0 Å². The standard InChI is InChI=1S/C14H23NO3/c1-15(8-7-10-5-6-10)13(16)11-3-2-4-12(9-11)14(17)18/h10-12H,2-9H2,1H3,(H,17,18). The third-order valence-corrected chi connectivity index (χ3v) is 4.32. The molecule has 0 aromatic heterocycles. The zero-order valence-corrected chi connectivity index (χ0v) is 11.1. The molecule has 102 valence electrons. The summed E-state index contributed by atoms with van der Waals surface area (Å²) in [4.78, 5) is 25.0. The van der Waals surface area contributed by atoms with Crippen LogP contribution in [0.15, 0.2) is 0 Å². The molecule has 0 radical (unpaired) electrons. The fourth-order valence-electron chi connectivity index (χ4n) is 2.84. The maximum atomic E-state index is 12.2. The predicted molar refractivity (Wildman–Crippen MR) is 68.1 cm³/mol. The van der Waals surface area contributed by atoms with E-state index in [1.807, 2.05) is 11.9 Å². The van der Waals surface area contributed by atoms with Gasteiger partial charge in [-0.1, -0.05) is 19.3 Å². The van der Waals surface area contributed by atoms with E-state index in [9.17, 15) is 9.59 Å². The number of carboxylic acid groups (broad SMARTS) is 1. The van der Waals surface area contributed by atoms with Gasteiger partial charge in [-0.3, -0.25) is 9.59 Å². The molecule has 2 fully saturated rings. The molecule has 4 nitrogen and oxygen atoms in total. The van der Waals surface area contributed by atoms with Crippen LogP contribution in [0, 0.1) is 17.8 Å². The third kappa shape index (κ3) is 3.47. The van der Waals surface area contributed by atoms with Gasteiger partial charge in [-0.05, 0) is 31.6 Å². The Morgan fingerprint density at radius 2 is 1.83 bits per heavy atom. The molecule has 0 spiro atoms. The molecule has 1 amide bonds. The maximum absolute atomic E-state index is 12.2. The summed E-state index contributed by atoms with van der Waals surface area (Å²) in [5.74, 6) is -0.137. The highest BCUT2D eigenvalue weighted by Crippen LogP contribution is 2.33. The van der Waals surface area contributed by atoms with E-state index in [1.165, 1.54) is 12.8 Å². The highest BCUT2D eigenvalue weighted by atomic mass is 16.4. The lowest BCUT2D eigenvalue weighted by Crippen LogP contribution is -2.37. The molecule has 0 bridgehead atoms. The van der Waals surface area contributed by atoms with Gasteiger partial charge in [0.15, 0.2) is 0 Å². The fraction of sp³-hybridized carbons (Fsp3) is 0.857. The average molecular weight is 253 g/mol. The molecule has 2 aliphatic carbocycles. The summed E-state index contributed by atoms with van der Waals surface area (Å²) in [6.45, 7) is 0.831. The van der Waals surface area contributed by atoms with E-state index < -0.39 is 5.97 Å². The van der Waals surface area contributed by atoms with E-state index in [4.69, 9.17) is 5.11 Å². The molecule has 0 aliphatic heterocycles. The Labute approximate surface area is 108 Å². The molecule has 0 aromatic carbocycles. The summed E-state index contributed by atoms with van der Waals surface area (Å²) in [5, 5.41) is 9.04. The molecule has 2 saturated carbocycles. The van der Waals surface area contributed by atoms with Crippen molar-refractivity contribution in [2.24, 2.45) is 17.8 Å². The topological polar surface area (TPSA) is 57.6 Å². The van der Waals surface area contributed by atoms with Gasteiger partial charge in [0.25, 0.3) is 0 Å². The summed E-state index contributed by atoms with van der Waals surface area (Å²) in [5.41, 5.74) is 0. The van der Waals surface area contributed by atoms with E-state index >= 15 is 0 Å². The van der Waals surface area contributed by atoms with E-state index in [1.54, 1.807) is 0 Å². The largest absolute Gasteiger partial charge is 0.481 e. The zero-order valence-electron chi connectivity index (χ0n) is 11.1. The summed E-state index contributed by atoms with van der Waals surface area (Å²) in [7, 11) is 1.86. The normalized spacial score (nSPS) is 27.8.